The van der Waals surface area contributed by atoms with Gasteiger partial charge in [0.25, 0.3) is 5.91 Å². The number of hydrogen-bond donors (Lipinski definition) is 3. The second kappa shape index (κ2) is 7.57. The first-order valence-electron chi connectivity index (χ1n) is 8.15. The quantitative estimate of drug-likeness (QED) is 0.695. The van der Waals surface area contributed by atoms with Crippen LogP contribution in [0.5, 0.6) is 5.75 Å². The van der Waals surface area contributed by atoms with Crippen molar-refractivity contribution in [3.05, 3.63) is 64.7 Å². The Balaban J connectivity index is 1.40. The maximum absolute atomic E-state index is 12.2. The molecule has 25 heavy (non-hydrogen) atoms. The van der Waals surface area contributed by atoms with Gasteiger partial charge in [0.15, 0.2) is 0 Å². The number of carbonyl (C=O) groups excluding carboxylic acids is 2. The number of carbonyl (C=O) groups is 2. The van der Waals surface area contributed by atoms with Crippen molar-refractivity contribution in [3.8, 4) is 5.75 Å². The molecule has 0 aromatic heterocycles. The molecule has 130 valence electrons. The fourth-order valence-electron chi connectivity index (χ4n) is 2.81. The van der Waals surface area contributed by atoms with Crippen molar-refractivity contribution in [2.24, 2.45) is 5.92 Å². The molecule has 5 nitrogen and oxygen atoms in total. The van der Waals surface area contributed by atoms with Crippen molar-refractivity contribution in [3.63, 3.8) is 0 Å². The summed E-state index contributed by atoms with van der Waals surface area (Å²) in [5.41, 5.74) is 1.48. The molecule has 0 aliphatic heterocycles. The number of phenolic OH excluding ortho intramolecular Hbond substituents is 1. The molecule has 1 aliphatic carbocycles. The van der Waals surface area contributed by atoms with Gasteiger partial charge in [0.2, 0.25) is 5.91 Å². The molecule has 1 fully saturated rings. The normalized spacial score (nSPS) is 18.4. The van der Waals surface area contributed by atoms with E-state index in [1.54, 1.807) is 12.1 Å². The minimum absolute atomic E-state index is 0.0104. The smallest absolute Gasteiger partial charge is 0.251 e. The van der Waals surface area contributed by atoms with Gasteiger partial charge in [-0.05, 0) is 48.2 Å². The number of benzene rings is 2. The van der Waals surface area contributed by atoms with Crippen molar-refractivity contribution in [1.29, 1.82) is 0 Å². The Morgan fingerprint density at radius 1 is 1.04 bits per heavy atom. The molecule has 0 radical (unpaired) electrons. The van der Waals surface area contributed by atoms with Crippen molar-refractivity contribution in [2.45, 2.75) is 12.3 Å². The molecule has 2 amide bonds. The highest BCUT2D eigenvalue weighted by atomic mass is 35.5. The summed E-state index contributed by atoms with van der Waals surface area (Å²) in [6.07, 6.45) is 0.801. The van der Waals surface area contributed by atoms with E-state index in [4.69, 9.17) is 11.6 Å². The summed E-state index contributed by atoms with van der Waals surface area (Å²) in [6, 6.07) is 13.6. The van der Waals surface area contributed by atoms with Gasteiger partial charge >= 0.3 is 0 Å². The third kappa shape index (κ3) is 4.31. The Hall–Kier alpha value is -2.53. The molecule has 2 atom stereocenters. The lowest BCUT2D eigenvalue weighted by Crippen LogP contribution is -2.35. The summed E-state index contributed by atoms with van der Waals surface area (Å²) in [4.78, 5) is 24.1. The summed E-state index contributed by atoms with van der Waals surface area (Å²) in [6.45, 7) is 0.712. The van der Waals surface area contributed by atoms with E-state index in [0.717, 1.165) is 12.0 Å². The summed E-state index contributed by atoms with van der Waals surface area (Å²) < 4.78 is 0. The van der Waals surface area contributed by atoms with Crippen molar-refractivity contribution < 1.29 is 14.7 Å². The highest BCUT2D eigenvalue weighted by Gasteiger charge is 2.44. The molecular formula is C19H19ClN2O3. The van der Waals surface area contributed by atoms with E-state index < -0.39 is 0 Å². The highest BCUT2D eigenvalue weighted by Crippen LogP contribution is 2.49. The Morgan fingerprint density at radius 2 is 1.72 bits per heavy atom. The van der Waals surface area contributed by atoms with Crippen LogP contribution in [0.2, 0.25) is 5.02 Å². The fourth-order valence-corrected chi connectivity index (χ4v) is 3.09. The Kier molecular flexibility index (Phi) is 5.24. The van der Waals surface area contributed by atoms with E-state index in [0.29, 0.717) is 23.7 Å². The van der Waals surface area contributed by atoms with E-state index in [9.17, 15) is 14.7 Å². The zero-order chi connectivity index (χ0) is 17.8. The van der Waals surface area contributed by atoms with Crippen LogP contribution >= 0.6 is 11.6 Å². The molecule has 1 aliphatic rings. The van der Waals surface area contributed by atoms with Crippen molar-refractivity contribution >= 4 is 23.4 Å². The third-order valence-electron chi connectivity index (χ3n) is 4.27. The zero-order valence-corrected chi connectivity index (χ0v) is 14.3. The summed E-state index contributed by atoms with van der Waals surface area (Å²) in [7, 11) is 0. The standard InChI is InChI=1S/C19H19ClN2O3/c20-17-4-2-1-3-14(17)15-11-16(15)19(25)22-10-9-21-18(24)12-5-7-13(23)8-6-12/h1-8,15-16,23H,9-11H2,(H,21,24)(H,22,25)/t15-,16+/m1/s1. The average molecular weight is 359 g/mol. The zero-order valence-electron chi connectivity index (χ0n) is 13.5. The molecule has 0 spiro atoms. The maximum atomic E-state index is 12.2. The molecule has 0 bridgehead atoms. The van der Waals surface area contributed by atoms with Crippen LogP contribution in [0.4, 0.5) is 0 Å². The van der Waals surface area contributed by atoms with Crippen LogP contribution in [0.1, 0.15) is 28.3 Å². The summed E-state index contributed by atoms with van der Waals surface area (Å²) >= 11 is 6.16. The van der Waals surface area contributed by atoms with Gasteiger partial charge in [-0.2, -0.15) is 0 Å². The maximum Gasteiger partial charge on any atom is 0.251 e. The minimum atomic E-state index is -0.241. The van der Waals surface area contributed by atoms with E-state index >= 15 is 0 Å². The second-order valence-electron chi connectivity index (χ2n) is 6.06. The van der Waals surface area contributed by atoms with Gasteiger partial charge in [0, 0.05) is 29.6 Å². The van der Waals surface area contributed by atoms with Gasteiger partial charge in [-0.1, -0.05) is 29.8 Å². The first kappa shape index (κ1) is 17.3. The first-order chi connectivity index (χ1) is 12.1. The van der Waals surface area contributed by atoms with Gasteiger partial charge in [0.05, 0.1) is 0 Å². The van der Waals surface area contributed by atoms with Gasteiger partial charge in [-0.3, -0.25) is 9.59 Å². The highest BCUT2D eigenvalue weighted by molar-refractivity contribution is 6.31. The molecule has 6 heteroatoms. The predicted molar refractivity (Wildman–Crippen MR) is 95.7 cm³/mol. The molecule has 2 aromatic carbocycles. The van der Waals surface area contributed by atoms with E-state index in [1.807, 2.05) is 24.3 Å². The SMILES string of the molecule is O=C(NCCNC(=O)[C@H]1C[C@@H]1c1ccccc1Cl)c1ccc(O)cc1. The van der Waals surface area contributed by atoms with E-state index in [2.05, 4.69) is 10.6 Å². The molecule has 0 heterocycles. The number of nitrogens with one attached hydrogen (secondary N) is 2. The molecule has 0 saturated heterocycles. The van der Waals surface area contributed by atoms with Gasteiger partial charge in [-0.25, -0.2) is 0 Å². The van der Waals surface area contributed by atoms with Gasteiger partial charge < -0.3 is 15.7 Å². The predicted octanol–water partition coefficient (Wildman–Crippen LogP) is 2.70. The number of rotatable bonds is 6. The lowest BCUT2D eigenvalue weighted by Gasteiger charge is -2.08. The Bertz CT molecular complexity index is 776. The van der Waals surface area contributed by atoms with Crippen LogP contribution in [-0.2, 0) is 4.79 Å². The largest absolute Gasteiger partial charge is 0.508 e. The Labute approximate surface area is 151 Å². The van der Waals surface area contributed by atoms with Crippen molar-refractivity contribution in [2.75, 3.05) is 13.1 Å². The molecule has 3 rings (SSSR count). The van der Waals surface area contributed by atoms with Crippen LogP contribution in [0.25, 0.3) is 0 Å². The second-order valence-corrected chi connectivity index (χ2v) is 6.47. The number of aromatic hydroxyl groups is 1. The van der Waals surface area contributed by atoms with Crippen LogP contribution in [0, 0.1) is 5.92 Å². The fraction of sp³-hybridized carbons (Fsp3) is 0.263. The molecule has 2 aromatic rings. The summed E-state index contributed by atoms with van der Waals surface area (Å²) in [5.74, 6) is -0.00674. The average Bonchev–Trinajstić information content (AvgIpc) is 3.40. The first-order valence-corrected chi connectivity index (χ1v) is 8.53. The molecule has 1 saturated carbocycles. The van der Waals surface area contributed by atoms with Crippen LogP contribution in [0.3, 0.4) is 0 Å². The number of amides is 2. The molecule has 3 N–H and O–H groups in total. The van der Waals surface area contributed by atoms with E-state index in [-0.39, 0.29) is 29.4 Å². The van der Waals surface area contributed by atoms with Crippen LogP contribution in [-0.4, -0.2) is 30.0 Å². The van der Waals surface area contributed by atoms with Gasteiger partial charge in [0.1, 0.15) is 5.75 Å². The minimum Gasteiger partial charge on any atom is -0.508 e. The van der Waals surface area contributed by atoms with E-state index in [1.165, 1.54) is 12.1 Å². The Morgan fingerprint density at radius 3 is 2.44 bits per heavy atom. The lowest BCUT2D eigenvalue weighted by atomic mass is 10.1. The third-order valence-corrected chi connectivity index (χ3v) is 4.62. The van der Waals surface area contributed by atoms with Gasteiger partial charge in [-0.15, -0.1) is 0 Å². The van der Waals surface area contributed by atoms with Crippen molar-refractivity contribution in [1.82, 2.24) is 10.6 Å². The lowest BCUT2D eigenvalue weighted by molar-refractivity contribution is -0.122. The van der Waals surface area contributed by atoms with Crippen LogP contribution < -0.4 is 10.6 Å². The van der Waals surface area contributed by atoms with Crippen LogP contribution in [0.15, 0.2) is 48.5 Å². The number of hydrogen-bond acceptors (Lipinski definition) is 3. The molecule has 0 unspecified atom stereocenters. The number of phenols is 1. The molecular weight excluding hydrogens is 340 g/mol. The summed E-state index contributed by atoms with van der Waals surface area (Å²) in [5, 5.41) is 15.5. The monoisotopic (exact) mass is 358 g/mol. The topological polar surface area (TPSA) is 78.4 Å². The number of halogens is 1.